The van der Waals surface area contributed by atoms with Gasteiger partial charge in [0, 0.05) is 32.2 Å². The Kier molecular flexibility index (Phi) is 2.71. The monoisotopic (exact) mass is 262 g/mol. The van der Waals surface area contributed by atoms with E-state index < -0.39 is 0 Å². The molecule has 2 unspecified atom stereocenters. The average molecular weight is 262 g/mol. The van der Waals surface area contributed by atoms with Crippen molar-refractivity contribution in [3.8, 4) is 0 Å². The predicted octanol–water partition coefficient (Wildman–Crippen LogP) is 0.799. The van der Waals surface area contributed by atoms with Crippen molar-refractivity contribution in [1.29, 1.82) is 0 Å². The van der Waals surface area contributed by atoms with E-state index in [-0.39, 0.29) is 11.4 Å². The molecule has 1 amide bonds. The summed E-state index contributed by atoms with van der Waals surface area (Å²) in [6.07, 6.45) is 0. The standard InChI is InChI=1S/C14H22N4O/c1-9-5-12(17(4)16-9)13(19)18-8-10-6-15-7-11(10)14(18,2)3/h5,10-11,15H,6-8H2,1-4H3. The molecule has 1 N–H and O–H groups in total. The molecule has 2 aliphatic heterocycles. The second-order valence-corrected chi connectivity index (χ2v) is 6.39. The molecule has 1 aromatic rings. The summed E-state index contributed by atoms with van der Waals surface area (Å²) in [5, 5.41) is 7.72. The van der Waals surface area contributed by atoms with Gasteiger partial charge in [-0.1, -0.05) is 0 Å². The fourth-order valence-electron chi connectivity index (χ4n) is 3.72. The number of rotatable bonds is 1. The number of fused-ring (bicyclic) bond motifs is 1. The van der Waals surface area contributed by atoms with Crippen LogP contribution in [-0.4, -0.2) is 45.8 Å². The van der Waals surface area contributed by atoms with Crippen LogP contribution in [0.1, 0.15) is 30.0 Å². The van der Waals surface area contributed by atoms with Crippen LogP contribution in [-0.2, 0) is 7.05 Å². The Morgan fingerprint density at radius 1 is 1.47 bits per heavy atom. The quantitative estimate of drug-likeness (QED) is 0.814. The van der Waals surface area contributed by atoms with E-state index in [9.17, 15) is 4.79 Å². The predicted molar refractivity (Wildman–Crippen MR) is 72.9 cm³/mol. The molecule has 3 heterocycles. The minimum absolute atomic E-state index is 0.0799. The summed E-state index contributed by atoms with van der Waals surface area (Å²) < 4.78 is 1.69. The van der Waals surface area contributed by atoms with Crippen LogP contribution in [0.15, 0.2) is 6.07 Å². The Balaban J connectivity index is 1.91. The van der Waals surface area contributed by atoms with Crippen molar-refractivity contribution in [1.82, 2.24) is 20.0 Å². The number of nitrogens with one attached hydrogen (secondary N) is 1. The summed E-state index contributed by atoms with van der Waals surface area (Å²) in [4.78, 5) is 14.8. The maximum Gasteiger partial charge on any atom is 0.272 e. The summed E-state index contributed by atoms with van der Waals surface area (Å²) in [5.41, 5.74) is 1.51. The van der Waals surface area contributed by atoms with Gasteiger partial charge < -0.3 is 10.2 Å². The number of likely N-dealkylation sites (tertiary alicyclic amines) is 1. The minimum Gasteiger partial charge on any atom is -0.332 e. The van der Waals surface area contributed by atoms with Gasteiger partial charge >= 0.3 is 0 Å². The number of hydrogen-bond donors (Lipinski definition) is 1. The number of hydrogen-bond acceptors (Lipinski definition) is 3. The first-order valence-corrected chi connectivity index (χ1v) is 6.94. The first kappa shape index (κ1) is 12.7. The maximum absolute atomic E-state index is 12.8. The molecular formula is C14H22N4O. The Morgan fingerprint density at radius 3 is 2.79 bits per heavy atom. The van der Waals surface area contributed by atoms with Crippen molar-refractivity contribution in [3.05, 3.63) is 17.5 Å². The Bertz CT molecular complexity index is 520. The summed E-state index contributed by atoms with van der Waals surface area (Å²) in [5.74, 6) is 1.27. The highest BCUT2D eigenvalue weighted by molar-refractivity contribution is 5.93. The maximum atomic E-state index is 12.8. The molecule has 0 saturated carbocycles. The van der Waals surface area contributed by atoms with E-state index in [1.165, 1.54) is 0 Å². The number of aromatic nitrogens is 2. The topological polar surface area (TPSA) is 50.2 Å². The van der Waals surface area contributed by atoms with Gasteiger partial charge in [-0.05, 0) is 38.7 Å². The summed E-state index contributed by atoms with van der Waals surface area (Å²) >= 11 is 0. The second-order valence-electron chi connectivity index (χ2n) is 6.39. The van der Waals surface area contributed by atoms with E-state index in [1.807, 2.05) is 24.9 Å². The number of nitrogens with zero attached hydrogens (tertiary/aromatic N) is 3. The van der Waals surface area contributed by atoms with Crippen LogP contribution in [0.4, 0.5) is 0 Å². The minimum atomic E-state index is -0.0799. The zero-order valence-corrected chi connectivity index (χ0v) is 12.1. The third kappa shape index (κ3) is 1.79. The molecule has 19 heavy (non-hydrogen) atoms. The lowest BCUT2D eigenvalue weighted by atomic mass is 9.85. The normalized spacial score (nSPS) is 28.7. The molecule has 0 aromatic carbocycles. The van der Waals surface area contributed by atoms with Gasteiger partial charge in [0.2, 0.25) is 0 Å². The zero-order chi connectivity index (χ0) is 13.8. The first-order chi connectivity index (χ1) is 8.91. The Morgan fingerprint density at radius 2 is 2.21 bits per heavy atom. The summed E-state index contributed by atoms with van der Waals surface area (Å²) in [6, 6.07) is 1.88. The lowest BCUT2D eigenvalue weighted by Crippen LogP contribution is -2.48. The molecule has 0 spiro atoms. The van der Waals surface area contributed by atoms with Crippen molar-refractivity contribution in [2.24, 2.45) is 18.9 Å². The van der Waals surface area contributed by atoms with Gasteiger partial charge in [0.25, 0.3) is 5.91 Å². The average Bonchev–Trinajstić information content (AvgIpc) is 2.96. The smallest absolute Gasteiger partial charge is 0.272 e. The molecule has 104 valence electrons. The van der Waals surface area contributed by atoms with Crippen molar-refractivity contribution < 1.29 is 4.79 Å². The molecule has 2 fully saturated rings. The fraction of sp³-hybridized carbons (Fsp3) is 0.714. The fourth-order valence-corrected chi connectivity index (χ4v) is 3.72. The van der Waals surface area contributed by atoms with E-state index in [4.69, 9.17) is 0 Å². The molecule has 3 rings (SSSR count). The van der Waals surface area contributed by atoms with Gasteiger partial charge in [-0.25, -0.2) is 0 Å². The van der Waals surface area contributed by atoms with Gasteiger partial charge in [0.1, 0.15) is 5.69 Å². The van der Waals surface area contributed by atoms with Crippen molar-refractivity contribution in [2.45, 2.75) is 26.3 Å². The van der Waals surface area contributed by atoms with Gasteiger partial charge in [-0.2, -0.15) is 5.10 Å². The van der Waals surface area contributed by atoms with E-state index >= 15 is 0 Å². The molecule has 5 heteroatoms. The molecule has 2 aliphatic rings. The van der Waals surface area contributed by atoms with Crippen molar-refractivity contribution in [3.63, 3.8) is 0 Å². The van der Waals surface area contributed by atoms with Crippen LogP contribution >= 0.6 is 0 Å². The molecule has 0 bridgehead atoms. The van der Waals surface area contributed by atoms with E-state index in [0.717, 1.165) is 25.3 Å². The van der Waals surface area contributed by atoms with Crippen molar-refractivity contribution >= 4 is 5.91 Å². The lowest BCUT2D eigenvalue weighted by molar-refractivity contribution is 0.0592. The van der Waals surface area contributed by atoms with Gasteiger partial charge in [-0.3, -0.25) is 9.48 Å². The number of aryl methyl sites for hydroxylation is 2. The lowest BCUT2D eigenvalue weighted by Gasteiger charge is -2.35. The molecule has 1 aromatic heterocycles. The van der Waals surface area contributed by atoms with Crippen LogP contribution in [0, 0.1) is 18.8 Å². The molecule has 2 saturated heterocycles. The van der Waals surface area contributed by atoms with Crippen LogP contribution < -0.4 is 5.32 Å². The van der Waals surface area contributed by atoms with Gasteiger partial charge in [0.15, 0.2) is 0 Å². The number of carbonyl (C=O) groups excluding carboxylic acids is 1. The number of amides is 1. The van der Waals surface area contributed by atoms with E-state index in [0.29, 0.717) is 17.5 Å². The van der Waals surface area contributed by atoms with Crippen LogP contribution in [0.2, 0.25) is 0 Å². The summed E-state index contributed by atoms with van der Waals surface area (Å²) in [7, 11) is 1.84. The van der Waals surface area contributed by atoms with Crippen LogP contribution in [0.25, 0.3) is 0 Å². The van der Waals surface area contributed by atoms with Gasteiger partial charge in [0.05, 0.1) is 5.69 Å². The number of carbonyl (C=O) groups is 1. The highest BCUT2D eigenvalue weighted by atomic mass is 16.2. The van der Waals surface area contributed by atoms with E-state index in [2.05, 4.69) is 24.3 Å². The SMILES string of the molecule is Cc1cc(C(=O)N2CC3CNCC3C2(C)C)n(C)n1. The zero-order valence-electron chi connectivity index (χ0n) is 12.1. The molecule has 5 nitrogen and oxygen atoms in total. The largest absolute Gasteiger partial charge is 0.332 e. The summed E-state index contributed by atoms with van der Waals surface area (Å²) in [6.45, 7) is 9.20. The van der Waals surface area contributed by atoms with Crippen molar-refractivity contribution in [2.75, 3.05) is 19.6 Å². The Labute approximate surface area is 114 Å². The second kappa shape index (κ2) is 4.07. The molecular weight excluding hydrogens is 240 g/mol. The van der Waals surface area contributed by atoms with Crippen LogP contribution in [0.3, 0.4) is 0 Å². The molecule has 2 atom stereocenters. The molecule has 0 aliphatic carbocycles. The molecule has 0 radical (unpaired) electrons. The highest BCUT2D eigenvalue weighted by Crippen LogP contribution is 2.41. The third-order valence-corrected chi connectivity index (χ3v) is 4.83. The van der Waals surface area contributed by atoms with Gasteiger partial charge in [-0.15, -0.1) is 0 Å². The highest BCUT2D eigenvalue weighted by Gasteiger charge is 2.51. The van der Waals surface area contributed by atoms with Crippen LogP contribution in [0.5, 0.6) is 0 Å². The van der Waals surface area contributed by atoms with E-state index in [1.54, 1.807) is 4.68 Å². The Hall–Kier alpha value is -1.36. The third-order valence-electron chi connectivity index (χ3n) is 4.83. The first-order valence-electron chi connectivity index (χ1n) is 6.94.